The third kappa shape index (κ3) is 3.63. The number of guanidine groups is 1. The normalized spacial score (nSPS) is 23.6. The molecule has 1 aromatic rings. The summed E-state index contributed by atoms with van der Waals surface area (Å²) in [5.74, 6) is 0.822. The molecule has 3 aliphatic rings. The van der Waals surface area contributed by atoms with Gasteiger partial charge in [0, 0.05) is 44.5 Å². The van der Waals surface area contributed by atoms with E-state index >= 15 is 0 Å². The number of carbonyl (C=O) groups excluding carboxylic acids is 1. The number of benzene rings is 1. The Kier molecular flexibility index (Phi) is 4.61. The van der Waals surface area contributed by atoms with Crippen molar-refractivity contribution >= 4 is 17.6 Å². The van der Waals surface area contributed by atoms with E-state index in [0.29, 0.717) is 6.04 Å². The van der Waals surface area contributed by atoms with Gasteiger partial charge in [0.05, 0.1) is 6.54 Å². The number of para-hydroxylation sites is 1. The van der Waals surface area contributed by atoms with Crippen molar-refractivity contribution in [1.82, 2.24) is 15.5 Å². The number of nitrogens with zero attached hydrogens (tertiary/aromatic N) is 3. The lowest BCUT2D eigenvalue weighted by molar-refractivity contribution is -0.117. The number of fused-ring (bicyclic) bond motifs is 1. The molecule has 25 heavy (non-hydrogen) atoms. The van der Waals surface area contributed by atoms with Crippen LogP contribution in [-0.4, -0.2) is 62.1 Å². The quantitative estimate of drug-likeness (QED) is 0.633. The molecule has 2 fully saturated rings. The minimum Gasteiger partial charge on any atom is -0.352 e. The van der Waals surface area contributed by atoms with E-state index in [9.17, 15) is 4.79 Å². The maximum atomic E-state index is 12.6. The van der Waals surface area contributed by atoms with Gasteiger partial charge in [-0.2, -0.15) is 0 Å². The molecule has 2 aliphatic heterocycles. The topological polar surface area (TPSA) is 60.0 Å². The molecule has 1 amide bonds. The van der Waals surface area contributed by atoms with Gasteiger partial charge in [-0.25, -0.2) is 0 Å². The maximum absolute atomic E-state index is 12.6. The SMILES string of the molecule is CN=C(NCC(=O)N1CCc2ccccc21)NC1CCN(C2CC2)C1. The van der Waals surface area contributed by atoms with Gasteiger partial charge in [-0.05, 0) is 37.3 Å². The van der Waals surface area contributed by atoms with E-state index in [1.165, 1.54) is 24.9 Å². The molecule has 1 saturated heterocycles. The van der Waals surface area contributed by atoms with Crippen LogP contribution in [0.3, 0.4) is 0 Å². The fourth-order valence-corrected chi connectivity index (χ4v) is 3.92. The van der Waals surface area contributed by atoms with E-state index in [-0.39, 0.29) is 12.5 Å². The number of nitrogens with one attached hydrogen (secondary N) is 2. The van der Waals surface area contributed by atoms with Crippen molar-refractivity contribution in [1.29, 1.82) is 0 Å². The molecular formula is C19H27N5O. The number of hydrogen-bond donors (Lipinski definition) is 2. The van der Waals surface area contributed by atoms with Crippen LogP contribution in [0, 0.1) is 0 Å². The molecule has 4 rings (SSSR count). The van der Waals surface area contributed by atoms with Crippen molar-refractivity contribution < 1.29 is 4.79 Å². The van der Waals surface area contributed by atoms with Gasteiger partial charge in [0.25, 0.3) is 0 Å². The van der Waals surface area contributed by atoms with Gasteiger partial charge in [0.15, 0.2) is 5.96 Å². The molecule has 0 aromatic heterocycles. The van der Waals surface area contributed by atoms with Crippen LogP contribution in [0.4, 0.5) is 5.69 Å². The summed E-state index contributed by atoms with van der Waals surface area (Å²) < 4.78 is 0. The largest absolute Gasteiger partial charge is 0.352 e. The third-order valence-electron chi connectivity index (χ3n) is 5.44. The molecule has 1 saturated carbocycles. The highest BCUT2D eigenvalue weighted by molar-refractivity contribution is 5.98. The van der Waals surface area contributed by atoms with Crippen molar-refractivity contribution in [3.63, 3.8) is 0 Å². The zero-order chi connectivity index (χ0) is 17.2. The summed E-state index contributed by atoms with van der Waals surface area (Å²) in [5, 5.41) is 6.66. The Morgan fingerprint density at radius 2 is 2.08 bits per heavy atom. The summed E-state index contributed by atoms with van der Waals surface area (Å²) in [4.78, 5) is 21.3. The first kappa shape index (κ1) is 16.4. The van der Waals surface area contributed by atoms with Gasteiger partial charge in [0.1, 0.15) is 0 Å². The fourth-order valence-electron chi connectivity index (χ4n) is 3.92. The van der Waals surface area contributed by atoms with E-state index in [0.717, 1.165) is 43.6 Å². The monoisotopic (exact) mass is 341 g/mol. The molecule has 2 N–H and O–H groups in total. The molecule has 134 valence electrons. The average molecular weight is 341 g/mol. The van der Waals surface area contributed by atoms with Gasteiger partial charge < -0.3 is 15.5 Å². The van der Waals surface area contributed by atoms with Crippen LogP contribution in [0.25, 0.3) is 0 Å². The summed E-state index contributed by atoms with van der Waals surface area (Å²) in [6.45, 7) is 3.29. The van der Waals surface area contributed by atoms with Crippen LogP contribution >= 0.6 is 0 Å². The molecule has 2 heterocycles. The molecular weight excluding hydrogens is 314 g/mol. The number of hydrogen-bond acceptors (Lipinski definition) is 3. The number of amides is 1. The lowest BCUT2D eigenvalue weighted by Gasteiger charge is -2.21. The Labute approximate surface area is 149 Å². The Morgan fingerprint density at radius 1 is 1.24 bits per heavy atom. The van der Waals surface area contributed by atoms with Crippen molar-refractivity contribution in [2.45, 2.75) is 37.8 Å². The first-order valence-electron chi connectivity index (χ1n) is 9.34. The Balaban J connectivity index is 1.27. The molecule has 1 atom stereocenters. The van der Waals surface area contributed by atoms with Crippen molar-refractivity contribution in [2.24, 2.45) is 4.99 Å². The molecule has 0 bridgehead atoms. The Hall–Kier alpha value is -2.08. The summed E-state index contributed by atoms with van der Waals surface area (Å²) in [6, 6.07) is 9.39. The highest BCUT2D eigenvalue weighted by Gasteiger charge is 2.34. The van der Waals surface area contributed by atoms with Gasteiger partial charge in [-0.15, -0.1) is 0 Å². The summed E-state index contributed by atoms with van der Waals surface area (Å²) in [5.41, 5.74) is 2.30. The van der Waals surface area contributed by atoms with Crippen LogP contribution in [0.5, 0.6) is 0 Å². The highest BCUT2D eigenvalue weighted by atomic mass is 16.2. The zero-order valence-corrected chi connectivity index (χ0v) is 14.9. The summed E-state index contributed by atoms with van der Waals surface area (Å²) in [7, 11) is 1.76. The molecule has 0 spiro atoms. The predicted octanol–water partition coefficient (Wildman–Crippen LogP) is 0.977. The predicted molar refractivity (Wildman–Crippen MR) is 100.0 cm³/mol. The van der Waals surface area contributed by atoms with Gasteiger partial charge >= 0.3 is 0 Å². The second-order valence-corrected chi connectivity index (χ2v) is 7.21. The van der Waals surface area contributed by atoms with E-state index < -0.39 is 0 Å². The first-order chi connectivity index (χ1) is 12.2. The zero-order valence-electron chi connectivity index (χ0n) is 14.9. The van der Waals surface area contributed by atoms with Crippen LogP contribution in [0.2, 0.25) is 0 Å². The number of aliphatic imine (C=N–C) groups is 1. The third-order valence-corrected chi connectivity index (χ3v) is 5.44. The molecule has 1 unspecified atom stereocenters. The van der Waals surface area contributed by atoms with E-state index in [1.807, 2.05) is 23.1 Å². The van der Waals surface area contributed by atoms with Crippen LogP contribution < -0.4 is 15.5 Å². The van der Waals surface area contributed by atoms with Gasteiger partial charge in [-0.3, -0.25) is 14.7 Å². The highest BCUT2D eigenvalue weighted by Crippen LogP contribution is 2.30. The smallest absolute Gasteiger partial charge is 0.246 e. The Morgan fingerprint density at radius 3 is 2.88 bits per heavy atom. The number of rotatable bonds is 4. The maximum Gasteiger partial charge on any atom is 0.246 e. The summed E-state index contributed by atoms with van der Waals surface area (Å²) in [6.07, 6.45) is 4.79. The molecule has 6 nitrogen and oxygen atoms in total. The number of anilines is 1. The van der Waals surface area contributed by atoms with Gasteiger partial charge in [0.2, 0.25) is 5.91 Å². The molecule has 6 heteroatoms. The minimum absolute atomic E-state index is 0.0962. The van der Waals surface area contributed by atoms with Crippen molar-refractivity contribution in [3.8, 4) is 0 Å². The molecule has 1 aliphatic carbocycles. The van der Waals surface area contributed by atoms with E-state index in [4.69, 9.17) is 0 Å². The van der Waals surface area contributed by atoms with Crippen molar-refractivity contribution in [2.75, 3.05) is 38.1 Å². The molecule has 1 aromatic carbocycles. The molecule has 0 radical (unpaired) electrons. The number of carbonyl (C=O) groups is 1. The van der Waals surface area contributed by atoms with Crippen LogP contribution in [-0.2, 0) is 11.2 Å². The second-order valence-electron chi connectivity index (χ2n) is 7.21. The van der Waals surface area contributed by atoms with Crippen LogP contribution in [0.15, 0.2) is 29.3 Å². The first-order valence-corrected chi connectivity index (χ1v) is 9.34. The summed E-state index contributed by atoms with van der Waals surface area (Å²) >= 11 is 0. The van der Waals surface area contributed by atoms with Crippen LogP contribution in [0.1, 0.15) is 24.8 Å². The lowest BCUT2D eigenvalue weighted by Crippen LogP contribution is -2.48. The Bertz CT molecular complexity index is 670. The average Bonchev–Trinajstić information content (AvgIpc) is 3.23. The van der Waals surface area contributed by atoms with E-state index in [1.54, 1.807) is 7.05 Å². The number of likely N-dealkylation sites (tertiary alicyclic amines) is 1. The van der Waals surface area contributed by atoms with Crippen molar-refractivity contribution in [3.05, 3.63) is 29.8 Å². The van der Waals surface area contributed by atoms with E-state index in [2.05, 4.69) is 26.6 Å². The lowest BCUT2D eigenvalue weighted by atomic mass is 10.2. The van der Waals surface area contributed by atoms with Gasteiger partial charge in [-0.1, -0.05) is 18.2 Å². The minimum atomic E-state index is 0.0962. The standard InChI is InChI=1S/C19H27N5O/c1-20-19(22-15-9-10-23(13-15)16-6-7-16)21-12-18(25)24-11-8-14-4-2-3-5-17(14)24/h2-5,15-16H,6-13H2,1H3,(H2,20,21,22). The fraction of sp³-hybridized carbons (Fsp3) is 0.579. The second kappa shape index (κ2) is 7.04.